The summed E-state index contributed by atoms with van der Waals surface area (Å²) in [4.78, 5) is 0. The number of aromatic nitrogens is 3. The van der Waals surface area contributed by atoms with Crippen LogP contribution < -0.4 is 4.74 Å². The zero-order chi connectivity index (χ0) is 19.4. The molecule has 0 saturated heterocycles. The highest BCUT2D eigenvalue weighted by Crippen LogP contribution is 2.28. The van der Waals surface area contributed by atoms with Crippen LogP contribution in [0.5, 0.6) is 5.75 Å². The first-order valence-corrected chi connectivity index (χ1v) is 10.4. The minimum Gasteiger partial charge on any atom is -0.483 e. The van der Waals surface area contributed by atoms with Gasteiger partial charge in [0.15, 0.2) is 17.1 Å². The van der Waals surface area contributed by atoms with Crippen LogP contribution >= 0.6 is 35.0 Å². The zero-order valence-electron chi connectivity index (χ0n) is 15.4. The number of benzene rings is 2. The normalized spacial score (nSPS) is 12.2. The largest absolute Gasteiger partial charge is 0.483 e. The molecule has 7 heteroatoms. The van der Waals surface area contributed by atoms with Crippen molar-refractivity contribution < 1.29 is 4.74 Å². The molecule has 3 aromatic rings. The number of rotatable bonds is 7. The lowest BCUT2D eigenvalue weighted by molar-refractivity contribution is 0.210. The number of hydrogen-bond acceptors (Lipinski definition) is 4. The fourth-order valence-corrected chi connectivity index (χ4v) is 4.01. The van der Waals surface area contributed by atoms with Gasteiger partial charge in [-0.1, -0.05) is 47.1 Å². The predicted molar refractivity (Wildman–Crippen MR) is 112 cm³/mol. The standard InChI is InChI=1S/C20H21Cl2N3OS/c1-4-25-19(14(3)26-17-8-9-18(22)13(2)10-17)23-24-20(25)27-12-15-6-5-7-16(21)11-15/h5-11,14H,4,12H2,1-3H3. The van der Waals surface area contributed by atoms with Crippen LogP contribution in [0.25, 0.3) is 0 Å². The van der Waals surface area contributed by atoms with Crippen LogP contribution in [0, 0.1) is 6.92 Å². The fraction of sp³-hybridized carbons (Fsp3) is 0.300. The minimum absolute atomic E-state index is 0.224. The molecule has 1 aromatic heterocycles. The van der Waals surface area contributed by atoms with Gasteiger partial charge in [-0.2, -0.15) is 0 Å². The third-order valence-electron chi connectivity index (χ3n) is 4.12. The number of aryl methyl sites for hydroxylation is 1. The molecule has 0 aliphatic rings. The van der Waals surface area contributed by atoms with E-state index in [-0.39, 0.29) is 6.10 Å². The van der Waals surface area contributed by atoms with Gasteiger partial charge < -0.3 is 9.30 Å². The average Bonchev–Trinajstić information content (AvgIpc) is 3.06. The molecule has 4 nitrogen and oxygen atoms in total. The van der Waals surface area contributed by atoms with Crippen LogP contribution in [0.1, 0.15) is 36.9 Å². The number of hydrogen-bond donors (Lipinski definition) is 0. The maximum absolute atomic E-state index is 6.09. The molecular formula is C20H21Cl2N3OS. The van der Waals surface area contributed by atoms with Gasteiger partial charge in [0.2, 0.25) is 0 Å². The van der Waals surface area contributed by atoms with E-state index in [0.717, 1.165) is 50.2 Å². The molecule has 3 rings (SSSR count). The van der Waals surface area contributed by atoms with Gasteiger partial charge in [-0.25, -0.2) is 0 Å². The monoisotopic (exact) mass is 421 g/mol. The first-order chi connectivity index (χ1) is 13.0. The quantitative estimate of drug-likeness (QED) is 0.416. The molecule has 1 heterocycles. The topological polar surface area (TPSA) is 39.9 Å². The summed E-state index contributed by atoms with van der Waals surface area (Å²) in [5.41, 5.74) is 2.14. The summed E-state index contributed by atoms with van der Waals surface area (Å²) >= 11 is 13.8. The van der Waals surface area contributed by atoms with Crippen molar-refractivity contribution in [3.8, 4) is 5.75 Å². The van der Waals surface area contributed by atoms with Gasteiger partial charge in [-0.3, -0.25) is 0 Å². The van der Waals surface area contributed by atoms with Gasteiger partial charge in [0.1, 0.15) is 5.75 Å². The van der Waals surface area contributed by atoms with Crippen LogP contribution in [-0.2, 0) is 12.3 Å². The lowest BCUT2D eigenvalue weighted by atomic mass is 10.2. The number of ether oxygens (including phenoxy) is 1. The lowest BCUT2D eigenvalue weighted by Crippen LogP contribution is -2.12. The first kappa shape index (κ1) is 20.1. The Bertz CT molecular complexity index is 929. The zero-order valence-corrected chi connectivity index (χ0v) is 17.8. The summed E-state index contributed by atoms with van der Waals surface area (Å²) in [6.45, 7) is 6.79. The maximum atomic E-state index is 6.09. The summed E-state index contributed by atoms with van der Waals surface area (Å²) in [6.07, 6.45) is -0.224. The number of nitrogens with zero attached hydrogens (tertiary/aromatic N) is 3. The Balaban J connectivity index is 1.73. The van der Waals surface area contributed by atoms with Crippen molar-refractivity contribution in [3.63, 3.8) is 0 Å². The molecule has 0 N–H and O–H groups in total. The summed E-state index contributed by atoms with van der Waals surface area (Å²) in [6, 6.07) is 13.5. The Morgan fingerprint density at radius 1 is 1.15 bits per heavy atom. The van der Waals surface area contributed by atoms with Gasteiger partial charge in [0, 0.05) is 22.3 Å². The van der Waals surface area contributed by atoms with Crippen molar-refractivity contribution >= 4 is 35.0 Å². The van der Waals surface area contributed by atoms with E-state index in [2.05, 4.69) is 27.8 Å². The van der Waals surface area contributed by atoms with E-state index in [1.807, 2.05) is 50.2 Å². The third-order valence-corrected chi connectivity index (χ3v) is 5.82. The Hall–Kier alpha value is -1.69. The number of halogens is 2. The van der Waals surface area contributed by atoms with Crippen molar-refractivity contribution in [2.45, 2.75) is 44.3 Å². The Labute approximate surface area is 173 Å². The summed E-state index contributed by atoms with van der Waals surface area (Å²) in [5, 5.41) is 11.1. The van der Waals surface area contributed by atoms with Crippen molar-refractivity contribution in [2.24, 2.45) is 0 Å². The average molecular weight is 422 g/mol. The molecule has 1 unspecified atom stereocenters. The van der Waals surface area contributed by atoms with Crippen molar-refractivity contribution in [3.05, 3.63) is 69.5 Å². The molecule has 0 spiro atoms. The highest BCUT2D eigenvalue weighted by molar-refractivity contribution is 7.98. The summed E-state index contributed by atoms with van der Waals surface area (Å²) < 4.78 is 8.15. The van der Waals surface area contributed by atoms with E-state index in [1.54, 1.807) is 11.8 Å². The van der Waals surface area contributed by atoms with Crippen LogP contribution in [0.2, 0.25) is 10.0 Å². The predicted octanol–water partition coefficient (Wildman–Crippen LogP) is 6.35. The van der Waals surface area contributed by atoms with Crippen LogP contribution in [-0.4, -0.2) is 14.8 Å². The summed E-state index contributed by atoms with van der Waals surface area (Å²) in [5.74, 6) is 2.35. The van der Waals surface area contributed by atoms with E-state index in [1.165, 1.54) is 0 Å². The van der Waals surface area contributed by atoms with E-state index in [0.29, 0.717) is 0 Å². The molecule has 0 amide bonds. The second-order valence-corrected chi connectivity index (χ2v) is 7.96. The lowest BCUT2D eigenvalue weighted by Gasteiger charge is -2.16. The van der Waals surface area contributed by atoms with E-state index in [4.69, 9.17) is 27.9 Å². The Morgan fingerprint density at radius 2 is 1.96 bits per heavy atom. The molecule has 142 valence electrons. The second-order valence-electron chi connectivity index (χ2n) is 6.17. The van der Waals surface area contributed by atoms with Crippen LogP contribution in [0.4, 0.5) is 0 Å². The fourth-order valence-electron chi connectivity index (χ4n) is 2.73. The van der Waals surface area contributed by atoms with E-state index < -0.39 is 0 Å². The molecule has 0 saturated carbocycles. The third kappa shape index (κ3) is 4.98. The smallest absolute Gasteiger partial charge is 0.191 e. The molecule has 1 atom stereocenters. The second kappa shape index (κ2) is 9.00. The van der Waals surface area contributed by atoms with Gasteiger partial charge in [-0.05, 0) is 62.2 Å². The molecule has 2 aromatic carbocycles. The SMILES string of the molecule is CCn1c(SCc2cccc(Cl)c2)nnc1C(C)Oc1ccc(Cl)c(C)c1. The molecular weight excluding hydrogens is 401 g/mol. The van der Waals surface area contributed by atoms with Crippen molar-refractivity contribution in [2.75, 3.05) is 0 Å². The van der Waals surface area contributed by atoms with Gasteiger partial charge in [0.05, 0.1) is 0 Å². The Morgan fingerprint density at radius 3 is 2.67 bits per heavy atom. The van der Waals surface area contributed by atoms with Gasteiger partial charge in [0.25, 0.3) is 0 Å². The summed E-state index contributed by atoms with van der Waals surface area (Å²) in [7, 11) is 0. The highest BCUT2D eigenvalue weighted by Gasteiger charge is 2.19. The molecule has 27 heavy (non-hydrogen) atoms. The van der Waals surface area contributed by atoms with Crippen LogP contribution in [0.3, 0.4) is 0 Å². The molecule has 0 fully saturated rings. The molecule has 0 aliphatic heterocycles. The first-order valence-electron chi connectivity index (χ1n) is 8.71. The van der Waals surface area contributed by atoms with E-state index in [9.17, 15) is 0 Å². The van der Waals surface area contributed by atoms with Crippen molar-refractivity contribution in [1.82, 2.24) is 14.8 Å². The van der Waals surface area contributed by atoms with Crippen molar-refractivity contribution in [1.29, 1.82) is 0 Å². The minimum atomic E-state index is -0.224. The molecule has 0 radical (unpaired) electrons. The van der Waals surface area contributed by atoms with Gasteiger partial charge in [-0.15, -0.1) is 10.2 Å². The number of thioether (sulfide) groups is 1. The maximum Gasteiger partial charge on any atom is 0.191 e. The molecule has 0 bridgehead atoms. The Kier molecular flexibility index (Phi) is 6.68. The van der Waals surface area contributed by atoms with Crippen LogP contribution in [0.15, 0.2) is 47.6 Å². The molecule has 0 aliphatic carbocycles. The van der Waals surface area contributed by atoms with E-state index >= 15 is 0 Å². The van der Waals surface area contributed by atoms with Gasteiger partial charge >= 0.3 is 0 Å². The highest BCUT2D eigenvalue weighted by atomic mass is 35.5.